The van der Waals surface area contributed by atoms with Crippen LogP contribution in [0.25, 0.3) is 31.5 Å². The SMILES string of the molecule is CC(COS(=O)(=O)c1cccc2c(O)c([N+]#N)ccc12)OCC(C)OS(=O)(=O)c1cccc2c(O)c([N+]#N)ccc12. The van der Waals surface area contributed by atoms with Crippen LogP contribution in [0.3, 0.4) is 0 Å². The summed E-state index contributed by atoms with van der Waals surface area (Å²) in [5, 5.41) is 39.0. The fraction of sp³-hybridized carbons (Fsp3) is 0.231. The van der Waals surface area contributed by atoms with Crippen LogP contribution in [-0.4, -0.2) is 52.5 Å². The topological polar surface area (TPSA) is 193 Å². The molecule has 0 saturated heterocycles. The molecule has 0 radical (unpaired) electrons. The van der Waals surface area contributed by atoms with Crippen molar-refractivity contribution in [2.45, 2.75) is 35.8 Å². The first-order chi connectivity index (χ1) is 19.4. The van der Waals surface area contributed by atoms with Crippen LogP contribution in [0.1, 0.15) is 13.8 Å². The molecule has 13 nitrogen and oxygen atoms in total. The Morgan fingerprint density at radius 3 is 1.66 bits per heavy atom. The number of nitrogens with zero attached hydrogens (tertiary/aromatic N) is 4. The molecule has 41 heavy (non-hydrogen) atoms. The van der Waals surface area contributed by atoms with Crippen molar-refractivity contribution in [3.05, 3.63) is 70.6 Å². The average molecular weight is 601 g/mol. The van der Waals surface area contributed by atoms with Crippen LogP contribution in [0.4, 0.5) is 11.4 Å². The Morgan fingerprint density at radius 1 is 0.683 bits per heavy atom. The standard InChI is InChI=1S/C26H22N4O9S2/c1-15(14-38-40(33,34)23-7-3-5-19-17(23)9-11-21(29-27)25(19)31)37-13-16(2)39-41(35,36)24-8-4-6-20-18(24)10-12-22(30-28)26(20)32/h3-12,15-16H,13-14H2,1-2H3/p+2. The maximum atomic E-state index is 13.0. The van der Waals surface area contributed by atoms with Gasteiger partial charge in [-0.1, -0.05) is 24.3 Å². The van der Waals surface area contributed by atoms with Gasteiger partial charge in [-0.15, -0.1) is 0 Å². The highest BCUT2D eigenvalue weighted by Crippen LogP contribution is 2.38. The summed E-state index contributed by atoms with van der Waals surface area (Å²) in [4.78, 5) is 5.47. The van der Waals surface area contributed by atoms with Gasteiger partial charge in [-0.3, -0.25) is 8.37 Å². The second-order valence-electron chi connectivity index (χ2n) is 9.01. The van der Waals surface area contributed by atoms with E-state index in [4.69, 9.17) is 23.9 Å². The summed E-state index contributed by atoms with van der Waals surface area (Å²) < 4.78 is 67.7. The molecule has 15 heteroatoms. The van der Waals surface area contributed by atoms with Crippen molar-refractivity contribution < 1.29 is 40.2 Å². The molecule has 0 amide bonds. The van der Waals surface area contributed by atoms with Crippen LogP contribution in [0, 0.1) is 10.8 Å². The fourth-order valence-electron chi connectivity index (χ4n) is 4.09. The summed E-state index contributed by atoms with van der Waals surface area (Å²) in [5.74, 6) is -0.790. The zero-order valence-corrected chi connectivity index (χ0v) is 23.3. The number of aromatic hydroxyl groups is 2. The third-order valence-electron chi connectivity index (χ3n) is 6.06. The van der Waals surface area contributed by atoms with E-state index in [-0.39, 0.29) is 49.3 Å². The van der Waals surface area contributed by atoms with E-state index in [2.05, 4.69) is 9.95 Å². The van der Waals surface area contributed by atoms with Crippen LogP contribution >= 0.6 is 0 Å². The normalized spacial score (nSPS) is 13.5. The molecule has 2 unspecified atom stereocenters. The number of ether oxygens (including phenoxy) is 1. The van der Waals surface area contributed by atoms with Gasteiger partial charge in [0.2, 0.25) is 22.3 Å². The Morgan fingerprint density at radius 2 is 1.17 bits per heavy atom. The van der Waals surface area contributed by atoms with Crippen LogP contribution < -0.4 is 0 Å². The van der Waals surface area contributed by atoms with Crippen molar-refractivity contribution in [2.75, 3.05) is 13.2 Å². The maximum Gasteiger partial charge on any atom is 0.426 e. The van der Waals surface area contributed by atoms with Crippen LogP contribution in [0.15, 0.2) is 70.5 Å². The Kier molecular flexibility index (Phi) is 8.39. The average Bonchev–Trinajstić information content (AvgIpc) is 2.95. The van der Waals surface area contributed by atoms with E-state index in [1.54, 1.807) is 0 Å². The zero-order valence-electron chi connectivity index (χ0n) is 21.7. The molecule has 2 N–H and O–H groups in total. The van der Waals surface area contributed by atoms with E-state index < -0.39 is 50.6 Å². The molecule has 0 aliphatic rings. The van der Waals surface area contributed by atoms with E-state index in [1.807, 2.05) is 0 Å². The number of benzene rings is 4. The quantitative estimate of drug-likeness (QED) is 0.178. The van der Waals surface area contributed by atoms with Gasteiger partial charge in [0.15, 0.2) is 9.95 Å². The molecule has 0 aromatic heterocycles. The first-order valence-electron chi connectivity index (χ1n) is 12.0. The summed E-state index contributed by atoms with van der Waals surface area (Å²) in [6, 6.07) is 13.6. The highest BCUT2D eigenvalue weighted by molar-refractivity contribution is 7.87. The van der Waals surface area contributed by atoms with Crippen LogP contribution in [-0.2, 0) is 33.3 Å². The fourth-order valence-corrected chi connectivity index (χ4v) is 6.57. The van der Waals surface area contributed by atoms with Gasteiger partial charge in [0, 0.05) is 33.7 Å². The molecule has 0 aliphatic heterocycles. The van der Waals surface area contributed by atoms with Crippen molar-refractivity contribution in [2.24, 2.45) is 0 Å². The van der Waals surface area contributed by atoms with E-state index in [0.29, 0.717) is 0 Å². The predicted molar refractivity (Wildman–Crippen MR) is 147 cm³/mol. The zero-order chi connectivity index (χ0) is 29.9. The van der Waals surface area contributed by atoms with Gasteiger partial charge in [0.05, 0.1) is 25.4 Å². The Labute approximate surface area is 235 Å². The Balaban J connectivity index is 1.40. The molecular formula is C26H24N4O9S2+2. The van der Waals surface area contributed by atoms with Crippen LogP contribution in [0.5, 0.6) is 11.5 Å². The van der Waals surface area contributed by atoms with E-state index in [0.717, 1.165) is 0 Å². The number of hydrogen-bond donors (Lipinski definition) is 2. The second-order valence-corrected chi connectivity index (χ2v) is 12.1. The lowest BCUT2D eigenvalue weighted by atomic mass is 10.1. The van der Waals surface area contributed by atoms with Gasteiger partial charge in [0.25, 0.3) is 20.2 Å². The molecule has 4 aromatic rings. The summed E-state index contributed by atoms with van der Waals surface area (Å²) in [6.07, 6.45) is -1.78. The van der Waals surface area contributed by atoms with Crippen LogP contribution in [0.2, 0.25) is 0 Å². The second kappa shape index (κ2) is 11.6. The molecular weight excluding hydrogens is 576 g/mol. The largest absolute Gasteiger partial charge is 0.501 e. The van der Waals surface area contributed by atoms with E-state index in [9.17, 15) is 27.0 Å². The van der Waals surface area contributed by atoms with Gasteiger partial charge in [0.1, 0.15) is 9.79 Å². The number of fused-ring (bicyclic) bond motifs is 2. The van der Waals surface area contributed by atoms with Crippen molar-refractivity contribution in [3.8, 4) is 11.5 Å². The number of rotatable bonds is 10. The van der Waals surface area contributed by atoms with E-state index in [1.165, 1.54) is 74.5 Å². The van der Waals surface area contributed by atoms with Crippen molar-refractivity contribution in [3.63, 3.8) is 0 Å². The minimum absolute atomic E-state index is 0.126. The molecule has 0 fully saturated rings. The predicted octanol–water partition coefficient (Wildman–Crippen LogP) is 5.28. The first-order valence-corrected chi connectivity index (χ1v) is 14.8. The highest BCUT2D eigenvalue weighted by atomic mass is 32.2. The molecule has 4 rings (SSSR count). The van der Waals surface area contributed by atoms with Crippen molar-refractivity contribution in [1.29, 1.82) is 10.8 Å². The van der Waals surface area contributed by atoms with Gasteiger partial charge in [-0.2, -0.15) is 16.8 Å². The Hall–Kier alpha value is -4.38. The van der Waals surface area contributed by atoms with Gasteiger partial charge < -0.3 is 14.9 Å². The lowest BCUT2D eigenvalue weighted by Crippen LogP contribution is -2.26. The molecule has 0 heterocycles. The van der Waals surface area contributed by atoms with Crippen molar-refractivity contribution >= 4 is 53.2 Å². The molecule has 4 aromatic carbocycles. The number of phenolic OH excluding ortho intramolecular Hbond substituents is 2. The maximum absolute atomic E-state index is 13.0. The lowest BCUT2D eigenvalue weighted by molar-refractivity contribution is -0.00336. The minimum atomic E-state index is -4.33. The summed E-state index contributed by atoms with van der Waals surface area (Å²) >= 11 is 0. The van der Waals surface area contributed by atoms with E-state index >= 15 is 0 Å². The minimum Gasteiger partial charge on any atom is -0.501 e. The summed E-state index contributed by atoms with van der Waals surface area (Å²) in [6.45, 7) is 2.33. The first kappa shape index (κ1) is 29.6. The lowest BCUT2D eigenvalue weighted by Gasteiger charge is -2.18. The van der Waals surface area contributed by atoms with Gasteiger partial charge in [-0.05, 0) is 38.1 Å². The molecule has 0 saturated carbocycles. The summed E-state index contributed by atoms with van der Waals surface area (Å²) in [5.41, 5.74) is -0.253. The molecule has 0 aliphatic carbocycles. The molecule has 0 bridgehead atoms. The molecule has 212 valence electrons. The summed E-state index contributed by atoms with van der Waals surface area (Å²) in [7, 11) is -8.63. The number of diazo groups is 2. The number of phenols is 2. The van der Waals surface area contributed by atoms with Gasteiger partial charge in [-0.25, -0.2) is 0 Å². The van der Waals surface area contributed by atoms with Gasteiger partial charge >= 0.3 is 11.4 Å². The smallest absolute Gasteiger partial charge is 0.426 e. The number of hydrogen-bond acceptors (Lipinski definition) is 11. The van der Waals surface area contributed by atoms with Crippen molar-refractivity contribution in [1.82, 2.24) is 0 Å². The Bertz CT molecular complexity index is 1950. The highest BCUT2D eigenvalue weighted by Gasteiger charge is 2.27. The molecule has 0 spiro atoms. The monoisotopic (exact) mass is 600 g/mol. The third-order valence-corrected chi connectivity index (χ3v) is 8.88. The molecule has 2 atom stereocenters. The third kappa shape index (κ3) is 6.04.